The normalized spacial score (nSPS) is 22.2. The maximum absolute atomic E-state index is 17.0. The third-order valence-electron chi connectivity index (χ3n) is 9.87. The molecule has 3 saturated heterocycles. The zero-order valence-electron chi connectivity index (χ0n) is 24.7. The Labute approximate surface area is 257 Å². The van der Waals surface area contributed by atoms with E-state index in [-0.39, 0.29) is 57.6 Å². The quantitative estimate of drug-likeness (QED) is 0.237. The van der Waals surface area contributed by atoms with Gasteiger partial charge in [0.1, 0.15) is 35.2 Å². The molecule has 8 nitrogen and oxygen atoms in total. The van der Waals surface area contributed by atoms with Gasteiger partial charge in [-0.05, 0) is 74.9 Å². The fourth-order valence-electron chi connectivity index (χ4n) is 7.77. The van der Waals surface area contributed by atoms with Crippen LogP contribution in [0.4, 0.5) is 19.0 Å². The van der Waals surface area contributed by atoms with Crippen LogP contribution in [0.2, 0.25) is 0 Å². The Hall–Kier alpha value is -4.40. The summed E-state index contributed by atoms with van der Waals surface area (Å²) in [6.45, 7) is 4.55. The lowest BCUT2D eigenvalue weighted by Gasteiger charge is -2.37. The third kappa shape index (κ3) is 4.34. The van der Waals surface area contributed by atoms with E-state index >= 15 is 4.39 Å². The summed E-state index contributed by atoms with van der Waals surface area (Å²) in [5.41, 5.74) is 0.868. The molecule has 3 fully saturated rings. The van der Waals surface area contributed by atoms with E-state index in [4.69, 9.17) is 21.1 Å². The van der Waals surface area contributed by atoms with E-state index in [2.05, 4.69) is 21.1 Å². The molecule has 45 heavy (non-hydrogen) atoms. The number of halogens is 3. The highest BCUT2D eigenvalue weighted by Gasteiger charge is 2.45. The van der Waals surface area contributed by atoms with Crippen LogP contribution in [0, 0.1) is 24.0 Å². The molecule has 4 aliphatic heterocycles. The molecule has 11 heteroatoms. The van der Waals surface area contributed by atoms with Crippen molar-refractivity contribution in [2.24, 2.45) is 0 Å². The number of piperazine rings is 1. The van der Waals surface area contributed by atoms with Crippen LogP contribution in [0.15, 0.2) is 30.3 Å². The first-order valence-electron chi connectivity index (χ1n) is 15.3. The van der Waals surface area contributed by atoms with E-state index in [9.17, 15) is 13.9 Å². The Bertz CT molecular complexity index is 1960. The lowest BCUT2D eigenvalue weighted by molar-refractivity contribution is 0.108. The molecule has 0 saturated carbocycles. The minimum Gasteiger partial charge on any atom is -0.508 e. The average molecular weight is 613 g/mol. The Morgan fingerprint density at radius 3 is 2.69 bits per heavy atom. The predicted molar refractivity (Wildman–Crippen MR) is 166 cm³/mol. The SMILES string of the molecule is C#Cc1c(F)ccc2cc(O)cc(-c3nc4c5c(nc(OCC67CCCN6CCC7)nc5c3F)N3CC(F)NCC3C=C4C)c12. The molecule has 0 bridgehead atoms. The minimum atomic E-state index is -1.32. The molecule has 4 aromatic rings. The number of hydrogen-bond donors (Lipinski definition) is 2. The van der Waals surface area contributed by atoms with Crippen LogP contribution >= 0.6 is 0 Å². The van der Waals surface area contributed by atoms with Crippen LogP contribution in [0.3, 0.4) is 0 Å². The third-order valence-corrected chi connectivity index (χ3v) is 9.87. The molecule has 230 valence electrons. The second-order valence-corrected chi connectivity index (χ2v) is 12.5. The van der Waals surface area contributed by atoms with Crippen molar-refractivity contribution in [3.63, 3.8) is 0 Å². The minimum absolute atomic E-state index is 0.00371. The number of nitrogens with one attached hydrogen (secondary N) is 1. The van der Waals surface area contributed by atoms with Gasteiger partial charge in [0.25, 0.3) is 0 Å². The highest BCUT2D eigenvalue weighted by atomic mass is 19.1. The summed E-state index contributed by atoms with van der Waals surface area (Å²) in [5.74, 6) is 1.11. The molecule has 2 aromatic heterocycles. The van der Waals surface area contributed by atoms with Crippen molar-refractivity contribution in [2.45, 2.75) is 50.5 Å². The molecule has 8 rings (SSSR count). The summed E-state index contributed by atoms with van der Waals surface area (Å²) in [4.78, 5) is 18.5. The molecular formula is C34H31F3N6O2. The lowest BCUT2D eigenvalue weighted by Crippen LogP contribution is -2.54. The molecule has 0 spiro atoms. The predicted octanol–water partition coefficient (Wildman–Crippen LogP) is 5.31. The number of rotatable bonds is 4. The van der Waals surface area contributed by atoms with E-state index in [1.165, 1.54) is 24.3 Å². The van der Waals surface area contributed by atoms with Crippen molar-refractivity contribution in [1.82, 2.24) is 25.2 Å². The number of pyridine rings is 1. The van der Waals surface area contributed by atoms with Crippen LogP contribution in [0.25, 0.3) is 38.5 Å². The molecule has 0 amide bonds. The van der Waals surface area contributed by atoms with Crippen LogP contribution in [-0.2, 0) is 0 Å². The lowest BCUT2D eigenvalue weighted by atomic mass is 9.95. The Kier molecular flexibility index (Phi) is 6.45. The monoisotopic (exact) mass is 612 g/mol. The Morgan fingerprint density at radius 2 is 1.91 bits per heavy atom. The molecule has 2 unspecified atom stereocenters. The highest BCUT2D eigenvalue weighted by molar-refractivity contribution is 6.05. The average Bonchev–Trinajstić information content (AvgIpc) is 3.58. The van der Waals surface area contributed by atoms with E-state index in [1.807, 2.05) is 17.9 Å². The second-order valence-electron chi connectivity index (χ2n) is 12.5. The summed E-state index contributed by atoms with van der Waals surface area (Å²) in [6, 6.07) is 5.18. The van der Waals surface area contributed by atoms with Gasteiger partial charge in [-0.2, -0.15) is 9.97 Å². The summed E-state index contributed by atoms with van der Waals surface area (Å²) in [5, 5.41) is 14.5. The van der Waals surface area contributed by atoms with Crippen molar-refractivity contribution in [2.75, 3.05) is 37.7 Å². The number of phenols is 1. The second kappa shape index (κ2) is 10.3. The van der Waals surface area contributed by atoms with Crippen LogP contribution in [0.1, 0.15) is 43.9 Å². The van der Waals surface area contributed by atoms with Crippen molar-refractivity contribution in [3.8, 4) is 35.4 Å². The molecule has 0 aliphatic carbocycles. The largest absolute Gasteiger partial charge is 0.508 e. The number of phenolic OH excluding ortho intramolecular Hbond substituents is 1. The molecule has 0 radical (unpaired) electrons. The van der Waals surface area contributed by atoms with Gasteiger partial charge in [-0.15, -0.1) is 6.42 Å². The number of aromatic nitrogens is 3. The number of aromatic hydroxyl groups is 1. The first-order chi connectivity index (χ1) is 21.8. The summed E-state index contributed by atoms with van der Waals surface area (Å²) in [6.07, 6.45) is 10.5. The van der Waals surface area contributed by atoms with Crippen LogP contribution < -0.4 is 15.0 Å². The van der Waals surface area contributed by atoms with Gasteiger partial charge in [0, 0.05) is 17.5 Å². The number of fused-ring (bicyclic) bond motifs is 4. The standard InChI is InChI=1S/C34H31F3N6O2/c1-3-22-24(35)7-6-19-13-21(44)14-23(26(19)22)30-28(37)31-27-29(39-30)18(2)12-20-15-38-25(36)16-43(20)32(27)41-33(40-31)45-17-34-8-4-10-42(34)11-5-9-34/h1,6-7,12-14,20,25,38,44H,4-5,8-11,15-17H2,2H3. The van der Waals surface area contributed by atoms with E-state index in [1.54, 1.807) is 0 Å². The van der Waals surface area contributed by atoms with Gasteiger partial charge in [0.05, 0.1) is 34.8 Å². The van der Waals surface area contributed by atoms with E-state index < -0.39 is 17.9 Å². The highest BCUT2D eigenvalue weighted by Crippen LogP contribution is 2.44. The number of alkyl halides is 1. The fourth-order valence-corrected chi connectivity index (χ4v) is 7.77. The number of anilines is 1. The van der Waals surface area contributed by atoms with Gasteiger partial charge < -0.3 is 14.7 Å². The topological polar surface area (TPSA) is 86.6 Å². The van der Waals surface area contributed by atoms with Crippen molar-refractivity contribution in [1.29, 1.82) is 0 Å². The molecule has 6 heterocycles. The summed E-state index contributed by atoms with van der Waals surface area (Å²) in [7, 11) is 0. The number of benzene rings is 2. The van der Waals surface area contributed by atoms with Gasteiger partial charge >= 0.3 is 6.01 Å². The van der Waals surface area contributed by atoms with E-state index in [0.29, 0.717) is 41.0 Å². The number of terminal acetylenes is 1. The molecular weight excluding hydrogens is 581 g/mol. The van der Waals surface area contributed by atoms with Crippen LogP contribution in [0.5, 0.6) is 11.8 Å². The van der Waals surface area contributed by atoms with Crippen LogP contribution in [-0.4, -0.2) is 75.6 Å². The fraction of sp³-hybridized carbons (Fsp3) is 0.382. The molecule has 2 N–H and O–H groups in total. The van der Waals surface area contributed by atoms with Gasteiger partial charge in [-0.3, -0.25) is 10.2 Å². The first kappa shape index (κ1) is 28.1. The Morgan fingerprint density at radius 1 is 1.11 bits per heavy atom. The van der Waals surface area contributed by atoms with Gasteiger partial charge in [0.15, 0.2) is 12.1 Å². The van der Waals surface area contributed by atoms with E-state index in [0.717, 1.165) is 38.8 Å². The smallest absolute Gasteiger partial charge is 0.319 e. The van der Waals surface area contributed by atoms with Crippen molar-refractivity contribution < 1.29 is 23.0 Å². The first-order valence-corrected chi connectivity index (χ1v) is 15.3. The van der Waals surface area contributed by atoms with Crippen molar-refractivity contribution >= 4 is 33.1 Å². The number of hydrogen-bond acceptors (Lipinski definition) is 8. The summed E-state index contributed by atoms with van der Waals surface area (Å²) >= 11 is 0. The van der Waals surface area contributed by atoms with Gasteiger partial charge in [-0.1, -0.05) is 18.1 Å². The zero-order valence-corrected chi connectivity index (χ0v) is 24.7. The Balaban J connectivity index is 1.38. The zero-order chi connectivity index (χ0) is 31.0. The maximum Gasteiger partial charge on any atom is 0.319 e. The number of nitrogens with zero attached hydrogens (tertiary/aromatic N) is 5. The van der Waals surface area contributed by atoms with Crippen molar-refractivity contribution in [3.05, 3.63) is 53.2 Å². The summed E-state index contributed by atoms with van der Waals surface area (Å²) < 4.78 is 53.0. The molecule has 2 atom stereocenters. The van der Waals surface area contributed by atoms with Gasteiger partial charge in [0.2, 0.25) is 0 Å². The van der Waals surface area contributed by atoms with Gasteiger partial charge in [-0.25, -0.2) is 18.2 Å². The maximum atomic E-state index is 17.0. The molecule has 2 aromatic carbocycles. The molecule has 4 aliphatic rings. The number of ether oxygens (including phenoxy) is 1. The number of allylic oxidation sites excluding steroid dienone is 1.